The summed E-state index contributed by atoms with van der Waals surface area (Å²) in [5.41, 5.74) is 1.50. The van der Waals surface area contributed by atoms with Crippen LogP contribution in [-0.4, -0.2) is 51.1 Å². The minimum atomic E-state index is -0.384. The van der Waals surface area contributed by atoms with Crippen molar-refractivity contribution in [2.24, 2.45) is 0 Å². The fraction of sp³-hybridized carbons (Fsp3) is 0.333. The molecular weight excluding hydrogens is 424 g/mol. The highest BCUT2D eigenvalue weighted by atomic mass is 32.2. The monoisotopic (exact) mass is 450 g/mol. The number of nitrogens with one attached hydrogen (secondary N) is 1. The van der Waals surface area contributed by atoms with E-state index >= 15 is 0 Å². The van der Waals surface area contributed by atoms with Crippen molar-refractivity contribution < 1.29 is 9.59 Å². The van der Waals surface area contributed by atoms with Gasteiger partial charge in [0.2, 0.25) is 5.91 Å². The van der Waals surface area contributed by atoms with Crippen LogP contribution in [0.1, 0.15) is 35.9 Å². The van der Waals surface area contributed by atoms with Crippen LogP contribution in [0.4, 0.5) is 5.69 Å². The first-order chi connectivity index (χ1) is 15.4. The van der Waals surface area contributed by atoms with E-state index in [2.05, 4.69) is 10.4 Å². The van der Waals surface area contributed by atoms with E-state index in [4.69, 9.17) is 0 Å². The lowest BCUT2D eigenvalue weighted by molar-refractivity contribution is -0.130. The highest BCUT2D eigenvalue weighted by molar-refractivity contribution is 7.99. The van der Waals surface area contributed by atoms with Gasteiger partial charge in [0.15, 0.2) is 5.69 Å². The molecule has 2 heterocycles. The van der Waals surface area contributed by atoms with Crippen molar-refractivity contribution in [3.05, 3.63) is 70.1 Å². The van der Waals surface area contributed by atoms with Gasteiger partial charge in [-0.1, -0.05) is 30.3 Å². The molecule has 1 saturated heterocycles. The van der Waals surface area contributed by atoms with Gasteiger partial charge in [-0.2, -0.15) is 16.9 Å². The maximum atomic E-state index is 13.0. The number of hydrogen-bond donors (Lipinski definition) is 1. The summed E-state index contributed by atoms with van der Waals surface area (Å²) in [5.74, 6) is 1.73. The molecule has 2 aromatic carbocycles. The summed E-state index contributed by atoms with van der Waals surface area (Å²) in [6, 6.07) is 14.1. The van der Waals surface area contributed by atoms with Crippen LogP contribution in [-0.2, 0) is 11.2 Å². The second-order valence-electron chi connectivity index (χ2n) is 8.06. The molecule has 1 aromatic heterocycles. The molecule has 1 aliphatic rings. The van der Waals surface area contributed by atoms with Gasteiger partial charge < -0.3 is 10.2 Å². The van der Waals surface area contributed by atoms with Crippen LogP contribution in [0.2, 0.25) is 0 Å². The number of carbonyl (C=O) groups is 2. The van der Waals surface area contributed by atoms with Gasteiger partial charge in [-0.25, -0.2) is 4.68 Å². The van der Waals surface area contributed by atoms with E-state index in [1.165, 1.54) is 4.68 Å². The van der Waals surface area contributed by atoms with Crippen LogP contribution in [0.15, 0.2) is 53.3 Å². The Kier molecular flexibility index (Phi) is 6.60. The number of amides is 2. The number of benzene rings is 2. The lowest BCUT2D eigenvalue weighted by Crippen LogP contribution is -2.38. The average molecular weight is 451 g/mol. The summed E-state index contributed by atoms with van der Waals surface area (Å²) < 4.78 is 1.34. The molecule has 0 spiro atoms. The molecule has 0 bridgehead atoms. The maximum absolute atomic E-state index is 13.0. The Morgan fingerprint density at radius 1 is 1.03 bits per heavy atom. The largest absolute Gasteiger partial charge is 0.341 e. The van der Waals surface area contributed by atoms with Gasteiger partial charge in [-0.15, -0.1) is 0 Å². The summed E-state index contributed by atoms with van der Waals surface area (Å²) in [6.45, 7) is 5.31. The molecule has 2 amide bonds. The van der Waals surface area contributed by atoms with Gasteiger partial charge in [-0.05, 0) is 37.6 Å². The van der Waals surface area contributed by atoms with Crippen molar-refractivity contribution in [3.8, 4) is 0 Å². The van der Waals surface area contributed by atoms with E-state index in [1.54, 1.807) is 36.4 Å². The molecule has 3 aromatic rings. The fourth-order valence-electron chi connectivity index (χ4n) is 3.72. The Bertz CT molecular complexity index is 1200. The summed E-state index contributed by atoms with van der Waals surface area (Å²) >= 11 is 1.87. The molecule has 0 aliphatic carbocycles. The molecule has 1 fully saturated rings. The Balaban J connectivity index is 1.52. The number of aromatic nitrogens is 2. The van der Waals surface area contributed by atoms with Crippen LogP contribution in [0, 0.1) is 0 Å². The third-order valence-corrected chi connectivity index (χ3v) is 6.41. The van der Waals surface area contributed by atoms with Crippen LogP contribution in [0.3, 0.4) is 0 Å². The van der Waals surface area contributed by atoms with Gasteiger partial charge in [0.05, 0.1) is 17.8 Å². The molecule has 7 nitrogen and oxygen atoms in total. The standard InChI is InChI=1S/C24H26N4O3S/c1-16(2)28-24(31)20-6-4-3-5-19(20)22(26-28)23(30)25-18-9-7-17(8-10-18)15-21(29)27-11-13-32-14-12-27/h3-10,16H,11-15H2,1-2H3,(H,25,30). The van der Waals surface area contributed by atoms with E-state index in [-0.39, 0.29) is 29.1 Å². The molecule has 4 rings (SSSR count). The third kappa shape index (κ3) is 4.70. The van der Waals surface area contributed by atoms with E-state index in [1.807, 2.05) is 42.6 Å². The molecular formula is C24H26N4O3S. The molecule has 0 unspecified atom stereocenters. The summed E-state index contributed by atoms with van der Waals surface area (Å²) in [6.07, 6.45) is 0.352. The minimum absolute atomic E-state index is 0.133. The topological polar surface area (TPSA) is 84.3 Å². The zero-order valence-electron chi connectivity index (χ0n) is 18.2. The predicted molar refractivity (Wildman–Crippen MR) is 128 cm³/mol. The molecule has 166 valence electrons. The first kappa shape index (κ1) is 22.1. The van der Waals surface area contributed by atoms with Crippen LogP contribution in [0.25, 0.3) is 10.8 Å². The molecule has 8 heteroatoms. The van der Waals surface area contributed by atoms with Gasteiger partial charge in [-0.3, -0.25) is 14.4 Å². The van der Waals surface area contributed by atoms with E-state index in [0.29, 0.717) is 22.9 Å². The van der Waals surface area contributed by atoms with E-state index in [9.17, 15) is 14.4 Å². The second kappa shape index (κ2) is 9.56. The van der Waals surface area contributed by atoms with E-state index < -0.39 is 0 Å². The van der Waals surface area contributed by atoms with Crippen molar-refractivity contribution in [1.29, 1.82) is 0 Å². The average Bonchev–Trinajstić information content (AvgIpc) is 2.81. The van der Waals surface area contributed by atoms with Crippen LogP contribution >= 0.6 is 11.8 Å². The highest BCUT2D eigenvalue weighted by Gasteiger charge is 2.19. The number of rotatable bonds is 5. The van der Waals surface area contributed by atoms with Crippen LogP contribution in [0.5, 0.6) is 0 Å². The predicted octanol–water partition coefficient (Wildman–Crippen LogP) is 3.35. The lowest BCUT2D eigenvalue weighted by Gasteiger charge is -2.26. The Labute approximate surface area is 190 Å². The molecule has 1 N–H and O–H groups in total. The Hall–Kier alpha value is -3.13. The quantitative estimate of drug-likeness (QED) is 0.645. The summed E-state index contributed by atoms with van der Waals surface area (Å²) in [7, 11) is 0. The minimum Gasteiger partial charge on any atom is -0.341 e. The van der Waals surface area contributed by atoms with Gasteiger partial charge in [0, 0.05) is 35.7 Å². The van der Waals surface area contributed by atoms with Crippen LogP contribution < -0.4 is 10.9 Å². The molecule has 32 heavy (non-hydrogen) atoms. The molecule has 1 aliphatic heterocycles. The van der Waals surface area contributed by atoms with Crippen molar-refractivity contribution in [2.75, 3.05) is 29.9 Å². The third-order valence-electron chi connectivity index (χ3n) is 5.46. The normalized spacial score (nSPS) is 14.0. The fourth-order valence-corrected chi connectivity index (χ4v) is 4.62. The molecule has 0 atom stereocenters. The van der Waals surface area contributed by atoms with Crippen molar-refractivity contribution in [1.82, 2.24) is 14.7 Å². The number of fused-ring (bicyclic) bond motifs is 1. The first-order valence-corrected chi connectivity index (χ1v) is 11.9. The van der Waals surface area contributed by atoms with Gasteiger partial charge >= 0.3 is 0 Å². The maximum Gasteiger partial charge on any atom is 0.276 e. The number of nitrogens with zero attached hydrogens (tertiary/aromatic N) is 3. The smallest absolute Gasteiger partial charge is 0.276 e. The van der Waals surface area contributed by atoms with Crippen molar-refractivity contribution in [2.45, 2.75) is 26.3 Å². The van der Waals surface area contributed by atoms with Gasteiger partial charge in [0.25, 0.3) is 11.5 Å². The number of anilines is 1. The second-order valence-corrected chi connectivity index (χ2v) is 9.28. The zero-order valence-corrected chi connectivity index (χ0v) is 19.0. The summed E-state index contributed by atoms with van der Waals surface area (Å²) in [4.78, 5) is 40.1. The number of thioether (sulfide) groups is 1. The molecule has 0 saturated carbocycles. The number of hydrogen-bond acceptors (Lipinski definition) is 5. The summed E-state index contributed by atoms with van der Waals surface area (Å²) in [5, 5.41) is 8.20. The van der Waals surface area contributed by atoms with Crippen molar-refractivity contribution in [3.63, 3.8) is 0 Å². The van der Waals surface area contributed by atoms with Gasteiger partial charge in [0.1, 0.15) is 0 Å². The number of carbonyl (C=O) groups excluding carboxylic acids is 2. The Morgan fingerprint density at radius 3 is 2.34 bits per heavy atom. The lowest BCUT2D eigenvalue weighted by atomic mass is 10.1. The first-order valence-electron chi connectivity index (χ1n) is 10.7. The van der Waals surface area contributed by atoms with Crippen molar-refractivity contribution >= 4 is 40.0 Å². The highest BCUT2D eigenvalue weighted by Crippen LogP contribution is 2.18. The molecule has 0 radical (unpaired) electrons. The SMILES string of the molecule is CC(C)n1nc(C(=O)Nc2ccc(CC(=O)N3CCSCC3)cc2)c2ccccc2c1=O. The zero-order chi connectivity index (χ0) is 22.7. The van der Waals surface area contributed by atoms with E-state index in [0.717, 1.165) is 30.2 Å². The Morgan fingerprint density at radius 2 is 1.69 bits per heavy atom.